The van der Waals surface area contributed by atoms with Crippen LogP contribution in [-0.4, -0.2) is 25.8 Å². The highest BCUT2D eigenvalue weighted by Gasteiger charge is 2.30. The zero-order valence-corrected chi connectivity index (χ0v) is 10.4. The van der Waals surface area contributed by atoms with E-state index in [1.54, 1.807) is 0 Å². The van der Waals surface area contributed by atoms with Crippen molar-refractivity contribution in [1.82, 2.24) is 14.8 Å². The van der Waals surface area contributed by atoms with E-state index in [1.165, 1.54) is 10.7 Å². The van der Waals surface area contributed by atoms with Crippen molar-refractivity contribution in [2.24, 2.45) is 0 Å². The van der Waals surface area contributed by atoms with Crippen LogP contribution in [0, 0.1) is 11.6 Å². The molecule has 20 heavy (non-hydrogen) atoms. The minimum atomic E-state index is -0.981. The molecule has 1 aromatic carbocycles. The van der Waals surface area contributed by atoms with E-state index >= 15 is 0 Å². The zero-order valence-electron chi connectivity index (χ0n) is 10.4. The second kappa shape index (κ2) is 4.66. The van der Waals surface area contributed by atoms with Crippen molar-refractivity contribution in [3.63, 3.8) is 0 Å². The summed E-state index contributed by atoms with van der Waals surface area (Å²) in [5, 5.41) is 13.3. The van der Waals surface area contributed by atoms with E-state index in [2.05, 4.69) is 10.1 Å². The third kappa shape index (κ3) is 2.04. The van der Waals surface area contributed by atoms with Crippen molar-refractivity contribution >= 4 is 5.97 Å². The Hall–Kier alpha value is -2.31. The van der Waals surface area contributed by atoms with Gasteiger partial charge in [0.25, 0.3) is 0 Å². The Morgan fingerprint density at radius 1 is 1.35 bits per heavy atom. The number of aromatic nitrogens is 3. The Kier molecular flexibility index (Phi) is 2.96. The lowest BCUT2D eigenvalue weighted by Gasteiger charge is -2.17. The number of hydrogen-bond acceptors (Lipinski definition) is 3. The maximum Gasteiger partial charge on any atom is 0.314 e. The molecule has 0 aliphatic carbocycles. The number of benzene rings is 1. The molecule has 1 aromatic heterocycles. The molecule has 0 radical (unpaired) electrons. The molecule has 0 saturated carbocycles. The molecule has 0 fully saturated rings. The molecule has 7 heteroatoms. The summed E-state index contributed by atoms with van der Waals surface area (Å²) >= 11 is 0. The second-order valence-corrected chi connectivity index (χ2v) is 4.68. The van der Waals surface area contributed by atoms with Crippen LogP contribution in [0.3, 0.4) is 0 Å². The van der Waals surface area contributed by atoms with E-state index in [4.69, 9.17) is 5.11 Å². The van der Waals surface area contributed by atoms with Gasteiger partial charge >= 0.3 is 5.97 Å². The van der Waals surface area contributed by atoms with Gasteiger partial charge in [0, 0.05) is 12.1 Å². The van der Waals surface area contributed by atoms with E-state index in [1.807, 2.05) is 0 Å². The van der Waals surface area contributed by atoms with Crippen molar-refractivity contribution in [1.29, 1.82) is 0 Å². The number of rotatable bonds is 2. The van der Waals surface area contributed by atoms with Crippen LogP contribution in [0.2, 0.25) is 0 Å². The fourth-order valence-electron chi connectivity index (χ4n) is 2.34. The highest BCUT2D eigenvalue weighted by atomic mass is 19.2. The number of hydrogen-bond donors (Lipinski definition) is 1. The Morgan fingerprint density at radius 3 is 2.85 bits per heavy atom. The summed E-state index contributed by atoms with van der Waals surface area (Å²) in [6.45, 7) is 0.579. The van der Waals surface area contributed by atoms with Gasteiger partial charge in [0.1, 0.15) is 11.7 Å². The molecule has 0 amide bonds. The highest BCUT2D eigenvalue weighted by Crippen LogP contribution is 2.28. The van der Waals surface area contributed by atoms with Crippen LogP contribution in [0.5, 0.6) is 0 Å². The first-order valence-electron chi connectivity index (χ1n) is 6.19. The normalized spacial score (nSPS) is 17.8. The van der Waals surface area contributed by atoms with Crippen LogP contribution < -0.4 is 0 Å². The standard InChI is InChI=1S/C13H11F2N3O2/c14-9-4-3-7(6-10(9)15)11-16-12-8(13(19)20)2-1-5-18(12)17-11/h3-4,6,8H,1-2,5H2,(H,19,20). The van der Waals surface area contributed by atoms with Crippen molar-refractivity contribution < 1.29 is 18.7 Å². The molecule has 3 rings (SSSR count). The SMILES string of the molecule is O=C(O)C1CCCn2nc(-c3ccc(F)c(F)c3)nc21. The van der Waals surface area contributed by atoms with Gasteiger partial charge in [-0.3, -0.25) is 4.79 Å². The molecule has 0 spiro atoms. The van der Waals surface area contributed by atoms with Crippen LogP contribution in [0.25, 0.3) is 11.4 Å². The van der Waals surface area contributed by atoms with E-state index in [0.29, 0.717) is 30.8 Å². The van der Waals surface area contributed by atoms with Crippen molar-refractivity contribution in [2.75, 3.05) is 0 Å². The number of nitrogens with zero attached hydrogens (tertiary/aromatic N) is 3. The number of aryl methyl sites for hydroxylation is 1. The van der Waals surface area contributed by atoms with Gasteiger partial charge in [-0.15, -0.1) is 0 Å². The van der Waals surface area contributed by atoms with Gasteiger partial charge in [-0.2, -0.15) is 5.10 Å². The number of carboxylic acids is 1. The number of aliphatic carboxylic acids is 1. The predicted octanol–water partition coefficient (Wildman–Crippen LogP) is 2.19. The molecule has 5 nitrogen and oxygen atoms in total. The average Bonchev–Trinajstić information content (AvgIpc) is 2.85. The lowest BCUT2D eigenvalue weighted by atomic mass is 10.00. The molecule has 0 bridgehead atoms. The lowest BCUT2D eigenvalue weighted by Crippen LogP contribution is -2.22. The Balaban J connectivity index is 2.04. The van der Waals surface area contributed by atoms with Crippen LogP contribution in [0.4, 0.5) is 8.78 Å². The Morgan fingerprint density at radius 2 is 2.15 bits per heavy atom. The smallest absolute Gasteiger partial charge is 0.314 e. The minimum Gasteiger partial charge on any atom is -0.481 e. The van der Waals surface area contributed by atoms with Crippen LogP contribution in [-0.2, 0) is 11.3 Å². The first-order valence-corrected chi connectivity index (χ1v) is 6.19. The summed E-state index contributed by atoms with van der Waals surface area (Å²) in [6, 6.07) is 3.38. The van der Waals surface area contributed by atoms with Crippen LogP contribution >= 0.6 is 0 Å². The molecular formula is C13H11F2N3O2. The Bertz CT molecular complexity index is 684. The lowest BCUT2D eigenvalue weighted by molar-refractivity contribution is -0.139. The minimum absolute atomic E-state index is 0.215. The first kappa shape index (κ1) is 12.7. The summed E-state index contributed by atoms with van der Waals surface area (Å²) < 4.78 is 27.7. The van der Waals surface area contributed by atoms with E-state index in [9.17, 15) is 13.6 Å². The van der Waals surface area contributed by atoms with Gasteiger partial charge in [0.05, 0.1) is 0 Å². The summed E-state index contributed by atoms with van der Waals surface area (Å²) in [6.07, 6.45) is 1.20. The van der Waals surface area contributed by atoms with E-state index in [0.717, 1.165) is 12.1 Å². The van der Waals surface area contributed by atoms with E-state index < -0.39 is 23.5 Å². The van der Waals surface area contributed by atoms with Gasteiger partial charge in [0.15, 0.2) is 17.5 Å². The number of fused-ring (bicyclic) bond motifs is 1. The van der Waals surface area contributed by atoms with E-state index in [-0.39, 0.29) is 5.82 Å². The number of carboxylic acid groups (broad SMARTS) is 1. The first-order chi connectivity index (χ1) is 9.56. The molecule has 1 unspecified atom stereocenters. The maximum absolute atomic E-state index is 13.2. The highest BCUT2D eigenvalue weighted by molar-refractivity contribution is 5.75. The molecule has 1 N–H and O–H groups in total. The van der Waals surface area contributed by atoms with Crippen molar-refractivity contribution in [2.45, 2.75) is 25.3 Å². The third-order valence-electron chi connectivity index (χ3n) is 3.35. The monoisotopic (exact) mass is 279 g/mol. The molecule has 2 heterocycles. The Labute approximate surface area is 112 Å². The van der Waals surface area contributed by atoms with Crippen LogP contribution in [0.15, 0.2) is 18.2 Å². The largest absolute Gasteiger partial charge is 0.481 e. The maximum atomic E-state index is 13.2. The average molecular weight is 279 g/mol. The second-order valence-electron chi connectivity index (χ2n) is 4.68. The fraction of sp³-hybridized carbons (Fsp3) is 0.308. The van der Waals surface area contributed by atoms with Gasteiger partial charge in [0.2, 0.25) is 0 Å². The number of halogens is 2. The molecule has 0 saturated heterocycles. The van der Waals surface area contributed by atoms with Crippen LogP contribution in [0.1, 0.15) is 24.6 Å². The molecule has 1 atom stereocenters. The van der Waals surface area contributed by atoms with Crippen molar-refractivity contribution in [3.05, 3.63) is 35.7 Å². The molecule has 104 valence electrons. The summed E-state index contributed by atoms with van der Waals surface area (Å²) in [7, 11) is 0. The quantitative estimate of drug-likeness (QED) is 0.915. The molecule has 1 aliphatic heterocycles. The third-order valence-corrected chi connectivity index (χ3v) is 3.35. The van der Waals surface area contributed by atoms with Gasteiger partial charge in [-0.25, -0.2) is 18.4 Å². The summed E-state index contributed by atoms with van der Waals surface area (Å²) in [5.74, 6) is -2.99. The molecule has 2 aromatic rings. The molecule has 1 aliphatic rings. The van der Waals surface area contributed by atoms with Gasteiger partial charge in [-0.05, 0) is 31.0 Å². The topological polar surface area (TPSA) is 68.0 Å². The van der Waals surface area contributed by atoms with Crippen molar-refractivity contribution in [3.8, 4) is 11.4 Å². The summed E-state index contributed by atoms with van der Waals surface area (Å²) in [4.78, 5) is 15.3. The van der Waals surface area contributed by atoms with Gasteiger partial charge < -0.3 is 5.11 Å². The molecular weight excluding hydrogens is 268 g/mol. The zero-order chi connectivity index (χ0) is 14.3. The fourth-order valence-corrected chi connectivity index (χ4v) is 2.34. The summed E-state index contributed by atoms with van der Waals surface area (Å²) in [5.41, 5.74) is 0.329. The van der Waals surface area contributed by atoms with Gasteiger partial charge in [-0.1, -0.05) is 0 Å². The number of carbonyl (C=O) groups is 1. The predicted molar refractivity (Wildman–Crippen MR) is 65.0 cm³/mol.